The molecule has 0 saturated carbocycles. The van der Waals surface area contributed by atoms with Gasteiger partial charge in [0, 0.05) is 16.1 Å². The third-order valence-corrected chi connectivity index (χ3v) is 6.83. The number of benzene rings is 3. The van der Waals surface area contributed by atoms with E-state index in [1.807, 2.05) is 43.5 Å². The first kappa shape index (κ1) is 21.9. The molecule has 156 valence electrons. The molecular weight excluding hydrogens is 416 g/mol. The van der Waals surface area contributed by atoms with E-state index in [4.69, 9.17) is 0 Å². The number of carbonyl (C=O) groups is 1. The predicted octanol–water partition coefficient (Wildman–Crippen LogP) is 5.09. The molecule has 3 rings (SSSR count). The molecule has 7 heteroatoms. The van der Waals surface area contributed by atoms with Gasteiger partial charge in [0.05, 0.1) is 10.9 Å². The third-order valence-electron chi connectivity index (χ3n) is 4.68. The van der Waals surface area contributed by atoms with Crippen molar-refractivity contribution in [2.24, 2.45) is 0 Å². The predicted molar refractivity (Wildman–Crippen MR) is 122 cm³/mol. The second-order valence-electron chi connectivity index (χ2n) is 6.70. The molecule has 0 aliphatic rings. The van der Waals surface area contributed by atoms with E-state index in [0.29, 0.717) is 11.3 Å². The lowest BCUT2D eigenvalue weighted by Crippen LogP contribution is -2.28. The molecule has 5 nitrogen and oxygen atoms in total. The van der Waals surface area contributed by atoms with Gasteiger partial charge in [-0.2, -0.15) is 0 Å². The maximum absolute atomic E-state index is 12.6. The summed E-state index contributed by atoms with van der Waals surface area (Å²) in [6, 6.07) is 22.8. The van der Waals surface area contributed by atoms with Gasteiger partial charge in [-0.25, -0.2) is 8.42 Å². The summed E-state index contributed by atoms with van der Waals surface area (Å²) in [7, 11) is -3.69. The lowest BCUT2D eigenvalue weighted by atomic mass is 10.0. The number of nitrogens with one attached hydrogen (secondary N) is 2. The monoisotopic (exact) mass is 440 g/mol. The second kappa shape index (κ2) is 9.82. The third kappa shape index (κ3) is 5.43. The number of thioether (sulfide) groups is 1. The molecule has 1 atom stereocenters. The molecule has 0 bridgehead atoms. The summed E-state index contributed by atoms with van der Waals surface area (Å²) < 4.78 is 27.7. The van der Waals surface area contributed by atoms with Gasteiger partial charge >= 0.3 is 0 Å². The van der Waals surface area contributed by atoms with Crippen molar-refractivity contribution < 1.29 is 13.2 Å². The van der Waals surface area contributed by atoms with Gasteiger partial charge in [0.25, 0.3) is 15.9 Å². The van der Waals surface area contributed by atoms with Crippen LogP contribution in [0, 0.1) is 0 Å². The van der Waals surface area contributed by atoms with Gasteiger partial charge in [0.15, 0.2) is 0 Å². The molecule has 0 spiro atoms. The van der Waals surface area contributed by atoms with E-state index in [-0.39, 0.29) is 16.8 Å². The van der Waals surface area contributed by atoms with Crippen LogP contribution in [0.2, 0.25) is 0 Å². The summed E-state index contributed by atoms with van der Waals surface area (Å²) in [4.78, 5) is 13.8. The Morgan fingerprint density at radius 3 is 2.13 bits per heavy atom. The molecule has 0 saturated heterocycles. The van der Waals surface area contributed by atoms with Crippen LogP contribution in [-0.2, 0) is 10.0 Å². The fourth-order valence-corrected chi connectivity index (χ4v) is 4.47. The van der Waals surface area contributed by atoms with Crippen molar-refractivity contribution in [1.82, 2.24) is 5.32 Å². The van der Waals surface area contributed by atoms with Crippen molar-refractivity contribution in [2.75, 3.05) is 11.0 Å². The van der Waals surface area contributed by atoms with Crippen LogP contribution < -0.4 is 10.0 Å². The summed E-state index contributed by atoms with van der Waals surface area (Å²) in [5, 5.41) is 3.02. The Labute approximate surface area is 182 Å². The van der Waals surface area contributed by atoms with Crippen LogP contribution in [0.1, 0.15) is 35.3 Å². The van der Waals surface area contributed by atoms with E-state index in [2.05, 4.69) is 10.0 Å². The van der Waals surface area contributed by atoms with Crippen molar-refractivity contribution in [3.05, 3.63) is 90.0 Å². The molecule has 3 aromatic rings. The van der Waals surface area contributed by atoms with Crippen LogP contribution >= 0.6 is 11.8 Å². The lowest BCUT2D eigenvalue weighted by Gasteiger charge is -2.17. The number of sulfonamides is 1. The molecule has 0 aromatic heterocycles. The van der Waals surface area contributed by atoms with Crippen LogP contribution in [0.3, 0.4) is 0 Å². The first-order valence-electron chi connectivity index (χ1n) is 9.55. The van der Waals surface area contributed by atoms with E-state index >= 15 is 0 Å². The SMILES string of the molecule is CC[C@H](NC(=O)c1ccc(NS(=O)(=O)c2ccc(SC)cc2)cc1)c1ccccc1. The Morgan fingerprint density at radius 1 is 0.933 bits per heavy atom. The van der Waals surface area contributed by atoms with E-state index in [1.165, 1.54) is 0 Å². The Morgan fingerprint density at radius 2 is 1.57 bits per heavy atom. The van der Waals surface area contributed by atoms with Gasteiger partial charge in [-0.1, -0.05) is 37.3 Å². The number of amides is 1. The highest BCUT2D eigenvalue weighted by Crippen LogP contribution is 2.21. The maximum Gasteiger partial charge on any atom is 0.261 e. The summed E-state index contributed by atoms with van der Waals surface area (Å²) in [6.45, 7) is 2.02. The number of carbonyl (C=O) groups excluding carboxylic acids is 1. The highest BCUT2D eigenvalue weighted by molar-refractivity contribution is 7.98. The van der Waals surface area contributed by atoms with E-state index in [0.717, 1.165) is 16.9 Å². The van der Waals surface area contributed by atoms with Crippen molar-refractivity contribution in [3.63, 3.8) is 0 Å². The fraction of sp³-hybridized carbons (Fsp3) is 0.174. The molecule has 0 aliphatic carbocycles. The molecule has 0 unspecified atom stereocenters. The van der Waals surface area contributed by atoms with Gasteiger partial charge in [-0.3, -0.25) is 9.52 Å². The first-order chi connectivity index (χ1) is 14.4. The molecule has 0 heterocycles. The standard InChI is InChI=1S/C23H24N2O3S2/c1-3-22(17-7-5-4-6-8-17)24-23(26)18-9-11-19(12-10-18)25-30(27,28)21-15-13-20(29-2)14-16-21/h4-16,22,25H,3H2,1-2H3,(H,24,26)/t22-/m0/s1. The Bertz CT molecular complexity index is 1080. The topological polar surface area (TPSA) is 75.3 Å². The number of rotatable bonds is 8. The van der Waals surface area contributed by atoms with Gasteiger partial charge in [0.2, 0.25) is 0 Å². The molecular formula is C23H24N2O3S2. The van der Waals surface area contributed by atoms with Crippen LogP contribution in [0.4, 0.5) is 5.69 Å². The first-order valence-corrected chi connectivity index (χ1v) is 12.3. The highest BCUT2D eigenvalue weighted by atomic mass is 32.2. The molecule has 1 amide bonds. The van der Waals surface area contributed by atoms with Crippen LogP contribution in [0.5, 0.6) is 0 Å². The molecule has 3 aromatic carbocycles. The Kier molecular flexibility index (Phi) is 7.18. The largest absolute Gasteiger partial charge is 0.345 e. The van der Waals surface area contributed by atoms with Crippen molar-refractivity contribution in [1.29, 1.82) is 0 Å². The zero-order chi connectivity index (χ0) is 21.6. The van der Waals surface area contributed by atoms with Gasteiger partial charge in [-0.05, 0) is 66.8 Å². The van der Waals surface area contributed by atoms with E-state index in [9.17, 15) is 13.2 Å². The summed E-state index contributed by atoms with van der Waals surface area (Å²) in [5.74, 6) is -0.201. The van der Waals surface area contributed by atoms with Crippen LogP contribution in [0.15, 0.2) is 88.7 Å². The molecule has 2 N–H and O–H groups in total. The minimum absolute atomic E-state index is 0.0823. The highest BCUT2D eigenvalue weighted by Gasteiger charge is 2.16. The van der Waals surface area contributed by atoms with Gasteiger partial charge in [-0.15, -0.1) is 11.8 Å². The average molecular weight is 441 g/mol. The fourth-order valence-electron chi connectivity index (χ4n) is 3.01. The number of anilines is 1. The van der Waals surface area contributed by atoms with E-state index < -0.39 is 10.0 Å². The quantitative estimate of drug-likeness (QED) is 0.479. The second-order valence-corrected chi connectivity index (χ2v) is 9.27. The maximum atomic E-state index is 12.6. The van der Waals surface area contributed by atoms with Crippen molar-refractivity contribution in [2.45, 2.75) is 29.2 Å². The number of hydrogen-bond acceptors (Lipinski definition) is 4. The summed E-state index contributed by atoms with van der Waals surface area (Å²) in [6.07, 6.45) is 2.70. The Hall–Kier alpha value is -2.77. The van der Waals surface area contributed by atoms with Crippen LogP contribution in [0.25, 0.3) is 0 Å². The number of hydrogen-bond donors (Lipinski definition) is 2. The van der Waals surface area contributed by atoms with Gasteiger partial charge in [0.1, 0.15) is 0 Å². The summed E-state index contributed by atoms with van der Waals surface area (Å²) >= 11 is 1.55. The molecule has 0 aliphatic heterocycles. The van der Waals surface area contributed by atoms with E-state index in [1.54, 1.807) is 60.3 Å². The smallest absolute Gasteiger partial charge is 0.261 e. The minimum Gasteiger partial charge on any atom is -0.345 e. The zero-order valence-corrected chi connectivity index (χ0v) is 18.5. The summed E-state index contributed by atoms with van der Waals surface area (Å²) in [5.41, 5.74) is 1.91. The average Bonchev–Trinajstić information content (AvgIpc) is 2.78. The van der Waals surface area contributed by atoms with Gasteiger partial charge < -0.3 is 5.32 Å². The van der Waals surface area contributed by atoms with Crippen molar-refractivity contribution >= 4 is 33.4 Å². The van der Waals surface area contributed by atoms with Crippen LogP contribution in [-0.4, -0.2) is 20.6 Å². The zero-order valence-electron chi connectivity index (χ0n) is 16.8. The molecule has 0 radical (unpaired) electrons. The lowest BCUT2D eigenvalue weighted by molar-refractivity contribution is 0.0935. The molecule has 30 heavy (non-hydrogen) atoms. The normalized spacial score (nSPS) is 12.2. The minimum atomic E-state index is -3.69. The Balaban J connectivity index is 1.68. The molecule has 0 fully saturated rings. The van der Waals surface area contributed by atoms with Crippen molar-refractivity contribution in [3.8, 4) is 0 Å².